The maximum atomic E-state index is 11.2. The molecule has 0 bridgehead atoms. The van der Waals surface area contributed by atoms with Crippen LogP contribution in [0.15, 0.2) is 42.5 Å². The van der Waals surface area contributed by atoms with E-state index in [1.807, 2.05) is 12.1 Å². The molecule has 0 atom stereocenters. The van der Waals surface area contributed by atoms with Crippen LogP contribution in [0.2, 0.25) is 0 Å². The second kappa shape index (κ2) is 4.42. The van der Waals surface area contributed by atoms with Crippen LogP contribution in [0.4, 0.5) is 5.69 Å². The van der Waals surface area contributed by atoms with Crippen LogP contribution in [0.5, 0.6) is 0 Å². The van der Waals surface area contributed by atoms with Gasteiger partial charge in [-0.15, -0.1) is 0 Å². The molecule has 0 amide bonds. The third kappa shape index (κ3) is 2.90. The average Bonchev–Trinajstić information content (AvgIpc) is 2.16. The number of anilines is 1. The van der Waals surface area contributed by atoms with E-state index in [0.717, 1.165) is 5.56 Å². The van der Waals surface area contributed by atoms with Crippen LogP contribution < -0.4 is 5.73 Å². The van der Waals surface area contributed by atoms with Crippen molar-refractivity contribution in [1.29, 1.82) is 0 Å². The highest BCUT2D eigenvalue weighted by Gasteiger charge is 1.94. The van der Waals surface area contributed by atoms with E-state index < -0.39 is 0 Å². The Morgan fingerprint density at radius 2 is 1.93 bits per heavy atom. The van der Waals surface area contributed by atoms with Gasteiger partial charge in [-0.3, -0.25) is 4.79 Å². The average molecular weight is 187 g/mol. The molecule has 0 aliphatic carbocycles. The first-order valence-electron chi connectivity index (χ1n) is 4.33. The highest BCUT2D eigenvalue weighted by molar-refractivity contribution is 6.05. The molecule has 2 nitrogen and oxygen atoms in total. The Hall–Kier alpha value is -1.83. The standard InChI is InChI=1S/C12H13NO/c1-9(2)12(14)8-5-10-3-6-11(13)7-4-10/h3-8H,1,13H2,2H3/b8-5+. The summed E-state index contributed by atoms with van der Waals surface area (Å²) in [6.07, 6.45) is 3.25. The zero-order chi connectivity index (χ0) is 10.6. The number of nitrogens with two attached hydrogens (primary N) is 1. The van der Waals surface area contributed by atoms with Gasteiger partial charge in [-0.25, -0.2) is 0 Å². The lowest BCUT2D eigenvalue weighted by molar-refractivity contribution is -0.111. The van der Waals surface area contributed by atoms with Crippen LogP contribution in [-0.2, 0) is 4.79 Å². The third-order valence-electron chi connectivity index (χ3n) is 1.78. The molecule has 1 aromatic carbocycles. The molecule has 0 spiro atoms. The van der Waals surface area contributed by atoms with E-state index in [2.05, 4.69) is 6.58 Å². The minimum absolute atomic E-state index is 0.0539. The van der Waals surface area contributed by atoms with Gasteiger partial charge in [-0.2, -0.15) is 0 Å². The van der Waals surface area contributed by atoms with Crippen LogP contribution in [0.1, 0.15) is 12.5 Å². The fourth-order valence-electron chi connectivity index (χ4n) is 0.921. The summed E-state index contributed by atoms with van der Waals surface area (Å²) in [6, 6.07) is 7.31. The Bertz CT molecular complexity index is 374. The molecule has 2 N–H and O–H groups in total. The first kappa shape index (κ1) is 10.3. The number of rotatable bonds is 3. The van der Waals surface area contributed by atoms with Crippen LogP contribution in [0, 0.1) is 0 Å². The fourth-order valence-corrected chi connectivity index (χ4v) is 0.921. The smallest absolute Gasteiger partial charge is 0.180 e. The molecule has 72 valence electrons. The number of hydrogen-bond donors (Lipinski definition) is 1. The number of carbonyl (C=O) groups excluding carboxylic acids is 1. The number of ketones is 1. The molecule has 0 heterocycles. The highest BCUT2D eigenvalue weighted by Crippen LogP contribution is 2.07. The van der Waals surface area contributed by atoms with Gasteiger partial charge in [-0.1, -0.05) is 24.8 Å². The molecule has 2 heteroatoms. The van der Waals surface area contributed by atoms with E-state index >= 15 is 0 Å². The summed E-state index contributed by atoms with van der Waals surface area (Å²) in [4.78, 5) is 11.2. The minimum atomic E-state index is -0.0539. The van der Waals surface area contributed by atoms with E-state index in [4.69, 9.17) is 5.73 Å². The number of nitrogen functional groups attached to an aromatic ring is 1. The Kier molecular flexibility index (Phi) is 3.24. The van der Waals surface area contributed by atoms with E-state index in [1.165, 1.54) is 6.08 Å². The third-order valence-corrected chi connectivity index (χ3v) is 1.78. The molecule has 0 saturated heterocycles. The lowest BCUT2D eigenvalue weighted by Gasteiger charge is -1.94. The number of benzene rings is 1. The topological polar surface area (TPSA) is 43.1 Å². The highest BCUT2D eigenvalue weighted by atomic mass is 16.1. The molecule has 1 rings (SSSR count). The number of hydrogen-bond acceptors (Lipinski definition) is 2. The minimum Gasteiger partial charge on any atom is -0.399 e. The van der Waals surface area contributed by atoms with Crippen LogP contribution in [0.25, 0.3) is 6.08 Å². The number of allylic oxidation sites excluding steroid dienone is 2. The molecule has 0 aliphatic heterocycles. The van der Waals surface area contributed by atoms with Crippen molar-refractivity contribution in [2.75, 3.05) is 5.73 Å². The summed E-state index contributed by atoms with van der Waals surface area (Å²) >= 11 is 0. The van der Waals surface area contributed by atoms with Crippen molar-refractivity contribution < 1.29 is 4.79 Å². The van der Waals surface area contributed by atoms with Crippen LogP contribution in [-0.4, -0.2) is 5.78 Å². The maximum absolute atomic E-state index is 11.2. The zero-order valence-corrected chi connectivity index (χ0v) is 8.16. The summed E-state index contributed by atoms with van der Waals surface area (Å²) in [7, 11) is 0. The van der Waals surface area contributed by atoms with E-state index in [9.17, 15) is 4.79 Å². The summed E-state index contributed by atoms with van der Waals surface area (Å²) in [5, 5.41) is 0. The van der Waals surface area contributed by atoms with Gasteiger partial charge in [-0.05, 0) is 36.3 Å². The normalized spacial score (nSPS) is 10.4. The van der Waals surface area contributed by atoms with Crippen molar-refractivity contribution in [3.8, 4) is 0 Å². The Morgan fingerprint density at radius 3 is 2.43 bits per heavy atom. The molecule has 0 aromatic heterocycles. The van der Waals surface area contributed by atoms with Crippen LogP contribution in [0.3, 0.4) is 0 Å². The van der Waals surface area contributed by atoms with Gasteiger partial charge >= 0.3 is 0 Å². The Balaban J connectivity index is 2.74. The SMILES string of the molecule is C=C(C)C(=O)/C=C/c1ccc(N)cc1. The lowest BCUT2D eigenvalue weighted by atomic mass is 10.1. The van der Waals surface area contributed by atoms with Gasteiger partial charge in [0.25, 0.3) is 0 Å². The van der Waals surface area contributed by atoms with Crippen molar-refractivity contribution in [1.82, 2.24) is 0 Å². The monoisotopic (exact) mass is 187 g/mol. The quantitative estimate of drug-likeness (QED) is 0.583. The Labute approximate surface area is 83.7 Å². The summed E-state index contributed by atoms with van der Waals surface area (Å²) in [6.45, 7) is 5.25. The predicted molar refractivity (Wildman–Crippen MR) is 59.7 cm³/mol. The summed E-state index contributed by atoms with van der Waals surface area (Å²) < 4.78 is 0. The lowest BCUT2D eigenvalue weighted by Crippen LogP contribution is -1.91. The molecule has 1 aromatic rings. The largest absolute Gasteiger partial charge is 0.399 e. The first-order valence-corrected chi connectivity index (χ1v) is 4.33. The second-order valence-electron chi connectivity index (χ2n) is 3.14. The predicted octanol–water partition coefficient (Wildman–Crippen LogP) is 2.43. The maximum Gasteiger partial charge on any atom is 0.180 e. The van der Waals surface area contributed by atoms with Crippen LogP contribution >= 0.6 is 0 Å². The number of carbonyl (C=O) groups is 1. The molecule has 0 saturated carbocycles. The van der Waals surface area contributed by atoms with Crippen molar-refractivity contribution in [3.05, 3.63) is 48.1 Å². The van der Waals surface area contributed by atoms with Gasteiger partial charge in [0.1, 0.15) is 0 Å². The second-order valence-corrected chi connectivity index (χ2v) is 3.14. The van der Waals surface area contributed by atoms with Crippen molar-refractivity contribution in [3.63, 3.8) is 0 Å². The van der Waals surface area contributed by atoms with Gasteiger partial charge in [0, 0.05) is 5.69 Å². The van der Waals surface area contributed by atoms with Crippen molar-refractivity contribution >= 4 is 17.5 Å². The molecule has 0 fully saturated rings. The molecule has 14 heavy (non-hydrogen) atoms. The zero-order valence-electron chi connectivity index (χ0n) is 8.16. The molecule has 0 unspecified atom stereocenters. The first-order chi connectivity index (χ1) is 6.59. The molecular formula is C12H13NO. The van der Waals surface area contributed by atoms with E-state index in [1.54, 1.807) is 25.1 Å². The van der Waals surface area contributed by atoms with Gasteiger partial charge in [0.05, 0.1) is 0 Å². The van der Waals surface area contributed by atoms with Crippen molar-refractivity contribution in [2.45, 2.75) is 6.92 Å². The van der Waals surface area contributed by atoms with Gasteiger partial charge < -0.3 is 5.73 Å². The fraction of sp³-hybridized carbons (Fsp3) is 0.0833. The van der Waals surface area contributed by atoms with Crippen molar-refractivity contribution in [2.24, 2.45) is 0 Å². The molecule has 0 radical (unpaired) electrons. The van der Waals surface area contributed by atoms with Gasteiger partial charge in [0.2, 0.25) is 0 Å². The summed E-state index contributed by atoms with van der Waals surface area (Å²) in [5.41, 5.74) is 7.73. The Morgan fingerprint density at radius 1 is 1.36 bits per heavy atom. The van der Waals surface area contributed by atoms with E-state index in [-0.39, 0.29) is 5.78 Å². The van der Waals surface area contributed by atoms with E-state index in [0.29, 0.717) is 11.3 Å². The summed E-state index contributed by atoms with van der Waals surface area (Å²) in [5.74, 6) is -0.0539. The molecular weight excluding hydrogens is 174 g/mol. The van der Waals surface area contributed by atoms with Gasteiger partial charge in [0.15, 0.2) is 5.78 Å². The molecule has 0 aliphatic rings.